The maximum atomic E-state index is 13.3. The van der Waals surface area contributed by atoms with Crippen molar-refractivity contribution in [2.24, 2.45) is 5.92 Å². The molecule has 0 N–H and O–H groups in total. The number of carboxylic acid groups (broad SMARTS) is 1. The molecule has 0 saturated carbocycles. The first-order valence-corrected chi connectivity index (χ1v) is 7.55. The third-order valence-corrected chi connectivity index (χ3v) is 3.60. The number of pyridine rings is 1. The summed E-state index contributed by atoms with van der Waals surface area (Å²) in [5.74, 6) is -1.95. The number of rotatable bonds is 4. The van der Waals surface area contributed by atoms with Crippen molar-refractivity contribution in [3.8, 4) is 11.3 Å². The number of carbonyl (C=O) groups excluding carboxylic acids is 1. The number of halogens is 4. The van der Waals surface area contributed by atoms with Crippen molar-refractivity contribution in [3.63, 3.8) is 0 Å². The van der Waals surface area contributed by atoms with E-state index >= 15 is 0 Å². The van der Waals surface area contributed by atoms with E-state index in [2.05, 4.69) is 4.98 Å². The fourth-order valence-electron chi connectivity index (χ4n) is 2.35. The molecule has 0 aliphatic heterocycles. The zero-order valence-electron chi connectivity index (χ0n) is 13.9. The van der Waals surface area contributed by atoms with Crippen molar-refractivity contribution in [2.75, 3.05) is 0 Å². The minimum absolute atomic E-state index is 0. The summed E-state index contributed by atoms with van der Waals surface area (Å²) >= 11 is 5.78. The number of carbonyl (C=O) groups is 1. The Morgan fingerprint density at radius 3 is 2.24 bits per heavy atom. The van der Waals surface area contributed by atoms with Crippen LogP contribution in [0.4, 0.5) is 13.2 Å². The van der Waals surface area contributed by atoms with Crippen molar-refractivity contribution in [1.29, 1.82) is 0 Å². The fourth-order valence-corrected chi connectivity index (χ4v) is 2.48. The number of aromatic carboxylic acids is 1. The molecule has 0 spiro atoms. The Morgan fingerprint density at radius 1 is 1.24 bits per heavy atom. The molecular weight excluding hydrogens is 366 g/mol. The largest absolute Gasteiger partial charge is 1.00 e. The molecule has 1 aromatic carbocycles. The fraction of sp³-hybridized carbons (Fsp3) is 0.294. The maximum absolute atomic E-state index is 13.3. The topological polar surface area (TPSA) is 53.0 Å². The van der Waals surface area contributed by atoms with Gasteiger partial charge in [-0.2, -0.15) is 13.2 Å². The molecule has 3 nitrogen and oxygen atoms in total. The molecule has 2 rings (SSSR count). The van der Waals surface area contributed by atoms with E-state index < -0.39 is 23.3 Å². The molecule has 0 bridgehead atoms. The average molecular weight is 380 g/mol. The summed E-state index contributed by atoms with van der Waals surface area (Å²) in [6.07, 6.45) is -4.74. The Morgan fingerprint density at radius 2 is 1.80 bits per heavy atom. The molecule has 0 aliphatic rings. The second-order valence-corrected chi connectivity index (χ2v) is 6.20. The molecule has 0 fully saturated rings. The van der Waals surface area contributed by atoms with Crippen LogP contribution in [0.1, 0.15) is 35.5 Å². The van der Waals surface area contributed by atoms with Crippen LogP contribution >= 0.6 is 11.6 Å². The van der Waals surface area contributed by atoms with Gasteiger partial charge in [-0.15, -0.1) is 0 Å². The summed E-state index contributed by atoms with van der Waals surface area (Å²) < 4.78 is 40.0. The molecule has 128 valence electrons. The molecule has 0 unspecified atom stereocenters. The Balaban J connectivity index is 0.00000312. The van der Waals surface area contributed by atoms with Gasteiger partial charge in [0.2, 0.25) is 0 Å². The first-order valence-electron chi connectivity index (χ1n) is 7.18. The van der Waals surface area contributed by atoms with Gasteiger partial charge in [0.25, 0.3) is 0 Å². The van der Waals surface area contributed by atoms with Crippen LogP contribution in [0.25, 0.3) is 11.3 Å². The molecule has 0 radical (unpaired) electrons. The van der Waals surface area contributed by atoms with Crippen LogP contribution in [-0.4, -0.2) is 11.0 Å². The molecular formula is C17H14ClF3NNaO2. The molecule has 0 aliphatic carbocycles. The van der Waals surface area contributed by atoms with Crippen LogP contribution in [0.3, 0.4) is 0 Å². The summed E-state index contributed by atoms with van der Waals surface area (Å²) in [6.45, 7) is 3.53. The van der Waals surface area contributed by atoms with Crippen LogP contribution in [-0.2, 0) is 12.6 Å². The molecule has 2 aromatic rings. The minimum Gasteiger partial charge on any atom is -0.545 e. The summed E-state index contributed by atoms with van der Waals surface area (Å²) in [7, 11) is 0. The molecule has 25 heavy (non-hydrogen) atoms. The van der Waals surface area contributed by atoms with Crippen molar-refractivity contribution < 1.29 is 52.6 Å². The van der Waals surface area contributed by atoms with Gasteiger partial charge in [0.15, 0.2) is 0 Å². The van der Waals surface area contributed by atoms with Crippen LogP contribution in [0.5, 0.6) is 0 Å². The van der Waals surface area contributed by atoms with Gasteiger partial charge in [-0.3, -0.25) is 4.98 Å². The van der Waals surface area contributed by atoms with Crippen molar-refractivity contribution in [2.45, 2.75) is 26.4 Å². The Labute approximate surface area is 170 Å². The number of carboxylic acids is 1. The SMILES string of the molecule is CC(C)Cc1nc(-c2ccc(Cl)cc2)cc(C(F)(F)F)c1C(=O)[O-].[Na+]. The second-order valence-electron chi connectivity index (χ2n) is 5.77. The number of hydrogen-bond donors (Lipinski definition) is 0. The number of nitrogens with zero attached hydrogens (tertiary/aromatic N) is 1. The van der Waals surface area contributed by atoms with E-state index in [1.54, 1.807) is 13.8 Å². The van der Waals surface area contributed by atoms with Crippen molar-refractivity contribution >= 4 is 17.6 Å². The molecule has 0 atom stereocenters. The minimum atomic E-state index is -4.83. The smallest absolute Gasteiger partial charge is 0.545 e. The number of alkyl halides is 3. The standard InChI is InChI=1S/C17H15ClF3NO2.Na/c1-9(2)7-14-15(16(23)24)12(17(19,20)21)8-13(22-14)10-3-5-11(18)6-4-10;/h3-6,8-9H,7H2,1-2H3,(H,23,24);/q;+1/p-1. The van der Waals surface area contributed by atoms with E-state index in [0.29, 0.717) is 10.6 Å². The zero-order valence-corrected chi connectivity index (χ0v) is 16.7. The maximum Gasteiger partial charge on any atom is 1.00 e. The molecule has 0 amide bonds. The summed E-state index contributed by atoms with van der Waals surface area (Å²) in [5.41, 5.74) is -1.82. The van der Waals surface area contributed by atoms with Crippen molar-refractivity contribution in [3.05, 3.63) is 52.2 Å². The average Bonchev–Trinajstić information content (AvgIpc) is 2.45. The van der Waals surface area contributed by atoms with Crippen LogP contribution in [0.15, 0.2) is 30.3 Å². The quantitative estimate of drug-likeness (QED) is 0.744. The third kappa shape index (κ3) is 5.45. The first kappa shape index (κ1) is 22.0. The monoisotopic (exact) mass is 379 g/mol. The van der Waals surface area contributed by atoms with E-state index in [1.807, 2.05) is 0 Å². The van der Waals surface area contributed by atoms with Gasteiger partial charge in [-0.25, -0.2) is 0 Å². The van der Waals surface area contributed by atoms with Crippen LogP contribution in [0, 0.1) is 5.92 Å². The number of aromatic nitrogens is 1. The van der Waals surface area contributed by atoms with E-state index in [9.17, 15) is 23.1 Å². The molecule has 1 aromatic heterocycles. The van der Waals surface area contributed by atoms with Gasteiger partial charge in [-0.1, -0.05) is 37.6 Å². The molecule has 0 saturated heterocycles. The third-order valence-electron chi connectivity index (χ3n) is 3.35. The Bertz CT molecular complexity index is 762. The summed E-state index contributed by atoms with van der Waals surface area (Å²) in [5, 5.41) is 11.7. The van der Waals surface area contributed by atoms with Gasteiger partial charge >= 0.3 is 35.7 Å². The van der Waals surface area contributed by atoms with Crippen LogP contribution < -0.4 is 34.7 Å². The van der Waals surface area contributed by atoms with Gasteiger partial charge in [0.05, 0.1) is 22.9 Å². The van der Waals surface area contributed by atoms with E-state index in [4.69, 9.17) is 11.6 Å². The predicted octanol–water partition coefficient (Wildman–Crippen LogP) is 0.987. The van der Waals surface area contributed by atoms with E-state index in [0.717, 1.165) is 6.07 Å². The normalized spacial score (nSPS) is 11.3. The predicted molar refractivity (Wildman–Crippen MR) is 82.6 cm³/mol. The Hall–Kier alpha value is -1.08. The second kappa shape index (κ2) is 8.54. The number of benzene rings is 1. The van der Waals surface area contributed by atoms with Crippen LogP contribution in [0.2, 0.25) is 5.02 Å². The zero-order chi connectivity index (χ0) is 18.1. The van der Waals surface area contributed by atoms with Gasteiger partial charge in [0, 0.05) is 16.1 Å². The van der Waals surface area contributed by atoms with Gasteiger partial charge in [-0.05, 0) is 30.5 Å². The van der Waals surface area contributed by atoms with Crippen molar-refractivity contribution in [1.82, 2.24) is 4.98 Å². The Kier molecular flexibility index (Phi) is 7.50. The summed E-state index contributed by atoms with van der Waals surface area (Å²) in [4.78, 5) is 15.4. The van der Waals surface area contributed by atoms with Gasteiger partial charge < -0.3 is 9.90 Å². The van der Waals surface area contributed by atoms with E-state index in [1.165, 1.54) is 24.3 Å². The molecule has 8 heteroatoms. The number of hydrogen-bond acceptors (Lipinski definition) is 3. The molecule has 1 heterocycles. The van der Waals surface area contributed by atoms with E-state index in [-0.39, 0.29) is 53.3 Å². The first-order chi connectivity index (χ1) is 11.1. The summed E-state index contributed by atoms with van der Waals surface area (Å²) in [6, 6.07) is 6.85. The van der Waals surface area contributed by atoms with Gasteiger partial charge in [0.1, 0.15) is 0 Å².